The maximum absolute atomic E-state index is 11.6. The highest BCUT2D eigenvalue weighted by molar-refractivity contribution is 7.80. The van der Waals surface area contributed by atoms with Crippen LogP contribution in [0.1, 0.15) is 0 Å². The van der Waals surface area contributed by atoms with E-state index in [0.29, 0.717) is 21.5 Å². The number of hydrogen-bond donors (Lipinski definition) is 3. The van der Waals surface area contributed by atoms with Crippen molar-refractivity contribution in [3.05, 3.63) is 39.8 Å². The van der Waals surface area contributed by atoms with Gasteiger partial charge in [0.25, 0.3) is 5.56 Å². The Balaban J connectivity index is 2.66. The van der Waals surface area contributed by atoms with E-state index in [4.69, 9.17) is 29.6 Å². The second-order valence-corrected chi connectivity index (χ2v) is 4.06. The number of nitrogens with one attached hydrogen (secondary N) is 2. The van der Waals surface area contributed by atoms with Crippen LogP contribution in [0.5, 0.6) is 0 Å². The third kappa shape index (κ3) is 2.00. The van der Waals surface area contributed by atoms with E-state index in [1.807, 2.05) is 0 Å². The Labute approximate surface area is 101 Å². The fourth-order valence-electron chi connectivity index (χ4n) is 1.44. The van der Waals surface area contributed by atoms with E-state index in [1.165, 1.54) is 6.20 Å². The Morgan fingerprint density at radius 3 is 2.88 bits per heavy atom. The van der Waals surface area contributed by atoms with Crippen molar-refractivity contribution in [1.82, 2.24) is 4.98 Å². The molecule has 4 nitrogen and oxygen atoms in total. The average Bonchev–Trinajstić information content (AvgIpc) is 2.23. The van der Waals surface area contributed by atoms with E-state index in [1.54, 1.807) is 18.2 Å². The maximum atomic E-state index is 11.6. The van der Waals surface area contributed by atoms with Crippen LogP contribution in [-0.4, -0.2) is 10.1 Å². The number of pyridine rings is 1. The molecular weight excluding hydrogens is 246 g/mol. The van der Waals surface area contributed by atoms with Crippen LogP contribution in [0, 0.1) is 0 Å². The first-order valence-corrected chi connectivity index (χ1v) is 5.24. The summed E-state index contributed by atoms with van der Waals surface area (Å²) >= 11 is 10.7. The molecule has 1 aromatic heterocycles. The number of H-pyrrole nitrogens is 1. The van der Waals surface area contributed by atoms with Gasteiger partial charge in [-0.15, -0.1) is 0 Å². The summed E-state index contributed by atoms with van der Waals surface area (Å²) in [6, 6.07) is 5.15. The second-order valence-electron chi connectivity index (χ2n) is 3.22. The van der Waals surface area contributed by atoms with Crippen LogP contribution in [0.15, 0.2) is 29.2 Å². The van der Waals surface area contributed by atoms with E-state index >= 15 is 0 Å². The largest absolute Gasteiger partial charge is 0.376 e. The molecular formula is C10H8ClN3OS. The third-order valence-corrected chi connectivity index (χ3v) is 2.53. The smallest absolute Gasteiger partial charge is 0.255 e. The molecule has 0 amide bonds. The van der Waals surface area contributed by atoms with Gasteiger partial charge in [0.2, 0.25) is 0 Å². The van der Waals surface area contributed by atoms with Crippen LogP contribution < -0.4 is 16.6 Å². The van der Waals surface area contributed by atoms with Crippen molar-refractivity contribution < 1.29 is 0 Å². The highest BCUT2D eigenvalue weighted by atomic mass is 35.5. The van der Waals surface area contributed by atoms with Crippen molar-refractivity contribution in [2.24, 2.45) is 5.73 Å². The van der Waals surface area contributed by atoms with Crippen LogP contribution in [-0.2, 0) is 0 Å². The molecule has 0 unspecified atom stereocenters. The van der Waals surface area contributed by atoms with Gasteiger partial charge in [-0.3, -0.25) is 4.79 Å². The Morgan fingerprint density at radius 1 is 1.44 bits per heavy atom. The van der Waals surface area contributed by atoms with Crippen molar-refractivity contribution in [3.8, 4) is 0 Å². The molecule has 0 bridgehead atoms. The number of anilines is 1. The molecule has 0 saturated carbocycles. The summed E-state index contributed by atoms with van der Waals surface area (Å²) in [5.41, 5.74) is 5.80. The quantitative estimate of drug-likeness (QED) is 0.678. The lowest BCUT2D eigenvalue weighted by Crippen LogP contribution is -2.19. The Hall–Kier alpha value is -1.59. The molecule has 2 aromatic rings. The molecule has 6 heteroatoms. The van der Waals surface area contributed by atoms with Gasteiger partial charge >= 0.3 is 0 Å². The normalized spacial score (nSPS) is 10.3. The number of hydrogen-bond acceptors (Lipinski definition) is 2. The van der Waals surface area contributed by atoms with Gasteiger partial charge in [-0.2, -0.15) is 0 Å². The Bertz CT molecular complexity index is 623. The third-order valence-electron chi connectivity index (χ3n) is 2.12. The summed E-state index contributed by atoms with van der Waals surface area (Å²) in [6.07, 6.45) is 1.47. The molecule has 0 atom stereocenters. The highest BCUT2D eigenvalue weighted by Gasteiger charge is 2.04. The summed E-state index contributed by atoms with van der Waals surface area (Å²) in [6.45, 7) is 0. The van der Waals surface area contributed by atoms with Gasteiger partial charge in [-0.1, -0.05) is 17.7 Å². The van der Waals surface area contributed by atoms with Crippen molar-refractivity contribution in [3.63, 3.8) is 0 Å². The lowest BCUT2D eigenvalue weighted by molar-refractivity contribution is 1.28. The van der Waals surface area contributed by atoms with E-state index < -0.39 is 0 Å². The van der Waals surface area contributed by atoms with E-state index in [9.17, 15) is 4.79 Å². The zero-order chi connectivity index (χ0) is 11.7. The van der Waals surface area contributed by atoms with E-state index in [0.717, 1.165) is 0 Å². The molecule has 0 spiro atoms. The maximum Gasteiger partial charge on any atom is 0.255 e. The van der Waals surface area contributed by atoms with Crippen LogP contribution in [0.25, 0.3) is 10.8 Å². The fraction of sp³-hybridized carbons (Fsp3) is 0. The molecule has 16 heavy (non-hydrogen) atoms. The zero-order valence-corrected chi connectivity index (χ0v) is 9.65. The second kappa shape index (κ2) is 4.11. The first-order valence-electron chi connectivity index (χ1n) is 4.45. The van der Waals surface area contributed by atoms with Gasteiger partial charge < -0.3 is 16.0 Å². The number of benzene rings is 1. The van der Waals surface area contributed by atoms with Crippen molar-refractivity contribution in [1.29, 1.82) is 0 Å². The van der Waals surface area contributed by atoms with Crippen LogP contribution in [0.2, 0.25) is 5.02 Å². The van der Waals surface area contributed by atoms with Gasteiger partial charge in [0, 0.05) is 17.3 Å². The van der Waals surface area contributed by atoms with E-state index in [2.05, 4.69) is 10.3 Å². The van der Waals surface area contributed by atoms with E-state index in [-0.39, 0.29) is 10.7 Å². The van der Waals surface area contributed by atoms with Gasteiger partial charge in [0.1, 0.15) is 0 Å². The fourth-order valence-corrected chi connectivity index (χ4v) is 1.78. The molecule has 2 rings (SSSR count). The highest BCUT2D eigenvalue weighted by Crippen LogP contribution is 2.22. The number of fused-ring (bicyclic) bond motifs is 1. The topological polar surface area (TPSA) is 70.9 Å². The first-order chi connectivity index (χ1) is 7.58. The van der Waals surface area contributed by atoms with Gasteiger partial charge in [-0.25, -0.2) is 0 Å². The van der Waals surface area contributed by atoms with Gasteiger partial charge in [0.15, 0.2) is 5.11 Å². The summed E-state index contributed by atoms with van der Waals surface area (Å²) in [7, 11) is 0. The van der Waals surface area contributed by atoms with Crippen LogP contribution in [0.4, 0.5) is 5.69 Å². The first kappa shape index (κ1) is 10.9. The van der Waals surface area contributed by atoms with Crippen LogP contribution in [0.3, 0.4) is 0 Å². The lowest BCUT2D eigenvalue weighted by Gasteiger charge is -2.05. The average molecular weight is 254 g/mol. The Kier molecular flexibility index (Phi) is 2.80. The SMILES string of the molecule is NC(=S)Nc1ccc2c(Cl)c[nH]c(=O)c2c1. The summed E-state index contributed by atoms with van der Waals surface area (Å²) < 4.78 is 0. The molecule has 1 aromatic carbocycles. The Morgan fingerprint density at radius 2 is 2.19 bits per heavy atom. The molecule has 0 fully saturated rings. The number of thiocarbonyl (C=S) groups is 1. The minimum absolute atomic E-state index is 0.151. The molecule has 0 saturated heterocycles. The number of aromatic amines is 1. The molecule has 0 aliphatic carbocycles. The molecule has 82 valence electrons. The summed E-state index contributed by atoms with van der Waals surface area (Å²) in [4.78, 5) is 14.1. The predicted molar refractivity (Wildman–Crippen MR) is 70.0 cm³/mol. The molecule has 0 radical (unpaired) electrons. The van der Waals surface area contributed by atoms with Gasteiger partial charge in [0.05, 0.1) is 10.4 Å². The molecule has 0 aliphatic heterocycles. The number of nitrogens with two attached hydrogens (primary N) is 1. The van der Waals surface area contributed by atoms with Crippen LogP contribution >= 0.6 is 23.8 Å². The minimum Gasteiger partial charge on any atom is -0.376 e. The molecule has 1 heterocycles. The molecule has 0 aliphatic rings. The standard InChI is InChI=1S/C10H8ClN3OS/c11-8-4-13-9(15)7-3-5(14-10(12)16)1-2-6(7)8/h1-4H,(H,13,15)(H3,12,14,16). The van der Waals surface area contributed by atoms with Gasteiger partial charge in [-0.05, 0) is 24.4 Å². The number of aromatic nitrogens is 1. The minimum atomic E-state index is -0.203. The number of rotatable bonds is 1. The number of halogens is 1. The summed E-state index contributed by atoms with van der Waals surface area (Å²) in [5.74, 6) is 0. The predicted octanol–water partition coefficient (Wildman–Crippen LogP) is 1.84. The monoisotopic (exact) mass is 253 g/mol. The van der Waals surface area contributed by atoms with Crippen molar-refractivity contribution in [2.45, 2.75) is 0 Å². The van der Waals surface area contributed by atoms with Crippen molar-refractivity contribution >= 4 is 45.4 Å². The zero-order valence-electron chi connectivity index (χ0n) is 8.08. The molecule has 4 N–H and O–H groups in total. The van der Waals surface area contributed by atoms with Crippen molar-refractivity contribution in [2.75, 3.05) is 5.32 Å². The summed E-state index contributed by atoms with van der Waals surface area (Å²) in [5, 5.41) is 4.59. The lowest BCUT2D eigenvalue weighted by atomic mass is 10.1.